The number of fused-ring (bicyclic) bond motifs is 1. The normalized spacial score (nSPS) is 11.7. The summed E-state index contributed by atoms with van der Waals surface area (Å²) in [6.07, 6.45) is 0.216. The molecule has 0 unspecified atom stereocenters. The van der Waals surface area contributed by atoms with Crippen LogP contribution in [0.5, 0.6) is 0 Å². The molecule has 0 amide bonds. The molecule has 0 heterocycles. The lowest BCUT2D eigenvalue weighted by atomic mass is 10.1. The van der Waals surface area contributed by atoms with Gasteiger partial charge in [-0.1, -0.05) is 36.4 Å². The largest absolute Gasteiger partial charge is 0.362 e. The van der Waals surface area contributed by atoms with Gasteiger partial charge < -0.3 is 13.9 Å². The van der Waals surface area contributed by atoms with Crippen molar-refractivity contribution in [2.45, 2.75) is 0 Å². The first-order valence-electron chi connectivity index (χ1n) is 5.99. The van der Waals surface area contributed by atoms with E-state index in [1.807, 2.05) is 42.3 Å². The fourth-order valence-electron chi connectivity index (χ4n) is 2.07. The second kappa shape index (κ2) is 5.74. The van der Waals surface area contributed by atoms with E-state index >= 15 is 0 Å². The maximum absolute atomic E-state index is 12.2. The van der Waals surface area contributed by atoms with Gasteiger partial charge in [0.15, 0.2) is 0 Å². The third-order valence-corrected chi connectivity index (χ3v) is 5.00. The van der Waals surface area contributed by atoms with E-state index < -0.39 is 7.60 Å². The maximum atomic E-state index is 12.2. The zero-order chi connectivity index (χ0) is 13.9. The van der Waals surface area contributed by atoms with E-state index in [1.165, 1.54) is 14.2 Å². The molecular weight excluding hydrogens is 261 g/mol. The lowest BCUT2D eigenvalue weighted by Crippen LogP contribution is -2.20. The molecule has 0 fully saturated rings. The van der Waals surface area contributed by atoms with Crippen molar-refractivity contribution in [1.29, 1.82) is 0 Å². The molecule has 0 bridgehead atoms. The van der Waals surface area contributed by atoms with Gasteiger partial charge in [-0.3, -0.25) is 4.57 Å². The van der Waals surface area contributed by atoms with E-state index in [0.29, 0.717) is 0 Å². The minimum atomic E-state index is -3.05. The first-order valence-corrected chi connectivity index (χ1v) is 7.72. The van der Waals surface area contributed by atoms with E-state index in [9.17, 15) is 4.57 Å². The molecule has 19 heavy (non-hydrogen) atoms. The Morgan fingerprint density at radius 1 is 1.05 bits per heavy atom. The average Bonchev–Trinajstić information content (AvgIpc) is 2.46. The molecule has 0 spiro atoms. The van der Waals surface area contributed by atoms with Gasteiger partial charge in [0.25, 0.3) is 0 Å². The van der Waals surface area contributed by atoms with Crippen molar-refractivity contribution in [1.82, 2.24) is 0 Å². The third kappa shape index (κ3) is 2.98. The van der Waals surface area contributed by atoms with Crippen LogP contribution in [0.4, 0.5) is 5.69 Å². The molecule has 0 N–H and O–H groups in total. The third-order valence-electron chi connectivity index (χ3n) is 3.12. The van der Waals surface area contributed by atoms with Crippen LogP contribution in [-0.2, 0) is 13.6 Å². The monoisotopic (exact) mass is 279 g/mol. The highest BCUT2D eigenvalue weighted by atomic mass is 31.2. The number of rotatable bonds is 5. The van der Waals surface area contributed by atoms with E-state index in [2.05, 4.69) is 12.1 Å². The van der Waals surface area contributed by atoms with Crippen molar-refractivity contribution in [2.24, 2.45) is 0 Å². The Balaban J connectivity index is 2.37. The Labute approximate surface area is 113 Å². The van der Waals surface area contributed by atoms with Gasteiger partial charge in [-0.05, 0) is 11.5 Å². The summed E-state index contributed by atoms with van der Waals surface area (Å²) in [5, 5.41) is 2.27. The lowest BCUT2D eigenvalue weighted by Gasteiger charge is -2.24. The van der Waals surface area contributed by atoms with Crippen LogP contribution in [0.25, 0.3) is 10.8 Å². The van der Waals surface area contributed by atoms with E-state index in [-0.39, 0.29) is 6.29 Å². The molecule has 2 aromatic rings. The van der Waals surface area contributed by atoms with Gasteiger partial charge in [0.1, 0.15) is 6.29 Å². The molecule has 2 rings (SSSR count). The number of anilines is 1. The summed E-state index contributed by atoms with van der Waals surface area (Å²) < 4.78 is 22.2. The molecule has 0 atom stereocenters. The van der Waals surface area contributed by atoms with Gasteiger partial charge >= 0.3 is 7.60 Å². The molecule has 0 aliphatic carbocycles. The Bertz CT molecular complexity index is 601. The van der Waals surface area contributed by atoms with E-state index in [1.54, 1.807) is 0 Å². The average molecular weight is 279 g/mol. The van der Waals surface area contributed by atoms with Crippen molar-refractivity contribution in [2.75, 3.05) is 32.5 Å². The molecule has 5 heteroatoms. The van der Waals surface area contributed by atoms with Gasteiger partial charge in [-0.25, -0.2) is 0 Å². The molecule has 0 aliphatic heterocycles. The van der Waals surface area contributed by atoms with Crippen LogP contribution in [0.2, 0.25) is 0 Å². The highest BCUT2D eigenvalue weighted by Crippen LogP contribution is 2.47. The molecule has 4 nitrogen and oxygen atoms in total. The maximum Gasteiger partial charge on any atom is 0.349 e. The second-order valence-electron chi connectivity index (χ2n) is 4.31. The number of benzene rings is 2. The van der Waals surface area contributed by atoms with Crippen molar-refractivity contribution >= 4 is 24.1 Å². The van der Waals surface area contributed by atoms with Crippen LogP contribution in [-0.4, -0.2) is 27.6 Å². The fourth-order valence-corrected chi connectivity index (χ4v) is 3.12. The van der Waals surface area contributed by atoms with E-state index in [4.69, 9.17) is 9.05 Å². The predicted octanol–water partition coefficient (Wildman–Crippen LogP) is 3.72. The van der Waals surface area contributed by atoms with Crippen molar-refractivity contribution < 1.29 is 13.6 Å². The predicted molar refractivity (Wildman–Crippen MR) is 78.8 cm³/mol. The summed E-state index contributed by atoms with van der Waals surface area (Å²) in [7, 11) is 1.63. The van der Waals surface area contributed by atoms with Gasteiger partial charge in [0.2, 0.25) is 0 Å². The van der Waals surface area contributed by atoms with Crippen LogP contribution < -0.4 is 4.90 Å². The van der Waals surface area contributed by atoms with Crippen molar-refractivity contribution in [3.05, 3.63) is 42.5 Å². The van der Waals surface area contributed by atoms with Crippen LogP contribution in [0.3, 0.4) is 0 Å². The van der Waals surface area contributed by atoms with Crippen LogP contribution >= 0.6 is 7.60 Å². The molecule has 102 valence electrons. The van der Waals surface area contributed by atoms with Gasteiger partial charge in [0.05, 0.1) is 0 Å². The summed E-state index contributed by atoms with van der Waals surface area (Å²) in [5.74, 6) is 0. The molecule has 0 radical (unpaired) electrons. The minimum Gasteiger partial charge on any atom is -0.362 e. The number of hydrogen-bond donors (Lipinski definition) is 0. The summed E-state index contributed by atoms with van der Waals surface area (Å²) in [5.41, 5.74) is 1.01. The zero-order valence-electron chi connectivity index (χ0n) is 11.4. The molecule has 0 saturated carbocycles. The highest BCUT2D eigenvalue weighted by Gasteiger charge is 2.24. The smallest absolute Gasteiger partial charge is 0.349 e. The quantitative estimate of drug-likeness (QED) is 0.782. The summed E-state index contributed by atoms with van der Waals surface area (Å²) in [4.78, 5) is 1.90. The van der Waals surface area contributed by atoms with Crippen molar-refractivity contribution in [3.8, 4) is 0 Å². The minimum absolute atomic E-state index is 0.216. The Kier molecular flexibility index (Phi) is 4.25. The Morgan fingerprint density at radius 3 is 2.37 bits per heavy atom. The van der Waals surface area contributed by atoms with Crippen LogP contribution in [0.15, 0.2) is 42.5 Å². The summed E-state index contributed by atoms with van der Waals surface area (Å²) in [6, 6.07) is 14.1. The van der Waals surface area contributed by atoms with Crippen LogP contribution in [0, 0.1) is 0 Å². The van der Waals surface area contributed by atoms with Gasteiger partial charge in [-0.15, -0.1) is 0 Å². The molecule has 0 aliphatic rings. The first kappa shape index (κ1) is 14.1. The zero-order valence-corrected chi connectivity index (χ0v) is 12.3. The summed E-state index contributed by atoms with van der Waals surface area (Å²) >= 11 is 0. The molecule has 0 aromatic heterocycles. The summed E-state index contributed by atoms with van der Waals surface area (Å²) in [6.45, 7) is 0. The van der Waals surface area contributed by atoms with Gasteiger partial charge in [0, 0.05) is 32.3 Å². The molecule has 0 saturated heterocycles. The first-order chi connectivity index (χ1) is 9.09. The standard InChI is InChI=1S/C14H18NO3P/c1-15(11-19(16,17-2)18-3)14-10-6-8-12-7-4-5-9-13(12)14/h4-10H,11H2,1-3H3. The van der Waals surface area contributed by atoms with E-state index in [0.717, 1.165) is 16.5 Å². The number of nitrogens with zero attached hydrogens (tertiary/aromatic N) is 1. The highest BCUT2D eigenvalue weighted by molar-refractivity contribution is 7.53. The molecule has 2 aromatic carbocycles. The second-order valence-corrected chi connectivity index (χ2v) is 6.55. The topological polar surface area (TPSA) is 38.8 Å². The Hall–Kier alpha value is -1.35. The fraction of sp³-hybridized carbons (Fsp3) is 0.286. The Morgan fingerprint density at radius 2 is 1.68 bits per heavy atom. The van der Waals surface area contributed by atoms with Crippen LogP contribution in [0.1, 0.15) is 0 Å². The molecular formula is C14H18NO3P. The lowest BCUT2D eigenvalue weighted by molar-refractivity contribution is 0.276. The van der Waals surface area contributed by atoms with Crippen molar-refractivity contribution in [3.63, 3.8) is 0 Å². The number of hydrogen-bond acceptors (Lipinski definition) is 4. The SMILES string of the molecule is COP(=O)(CN(C)c1cccc2ccccc12)OC. The van der Waals surface area contributed by atoms with Gasteiger partial charge in [-0.2, -0.15) is 0 Å².